The minimum Gasteiger partial charge on any atom is -0.379 e. The van der Waals surface area contributed by atoms with Gasteiger partial charge in [-0.2, -0.15) is 5.10 Å². The minimum absolute atomic E-state index is 0.280. The summed E-state index contributed by atoms with van der Waals surface area (Å²) in [5.41, 5.74) is 2.58. The van der Waals surface area contributed by atoms with Gasteiger partial charge in [-0.25, -0.2) is 4.39 Å². The molecule has 2 rings (SSSR count). The van der Waals surface area contributed by atoms with Crippen LogP contribution in [0.4, 0.5) is 10.1 Å². The molecule has 2 aromatic rings. The number of nitrogens with zero attached hydrogens (tertiary/aromatic N) is 2. The monoisotopic (exact) mass is 345 g/mol. The van der Waals surface area contributed by atoms with Crippen LogP contribution in [0.2, 0.25) is 5.02 Å². The van der Waals surface area contributed by atoms with Gasteiger partial charge in [0.1, 0.15) is 5.82 Å². The molecule has 0 atom stereocenters. The molecule has 1 aromatic carbocycles. The van der Waals surface area contributed by atoms with Gasteiger partial charge in [0.2, 0.25) is 0 Å². The van der Waals surface area contributed by atoms with Gasteiger partial charge < -0.3 is 5.32 Å². The number of halogens is 3. The van der Waals surface area contributed by atoms with Crippen LogP contribution in [0.1, 0.15) is 18.3 Å². The molecule has 1 aromatic heterocycles. The summed E-state index contributed by atoms with van der Waals surface area (Å²) in [4.78, 5) is 0. The van der Waals surface area contributed by atoms with Gasteiger partial charge in [-0.05, 0) is 48.0 Å². The second-order valence-corrected chi connectivity index (χ2v) is 5.38. The van der Waals surface area contributed by atoms with E-state index in [9.17, 15) is 4.39 Å². The number of nitrogens with one attached hydrogen (secondary N) is 1. The number of benzene rings is 1. The maximum absolute atomic E-state index is 13.1. The highest BCUT2D eigenvalue weighted by atomic mass is 79.9. The number of aromatic nitrogens is 2. The van der Waals surface area contributed by atoms with Gasteiger partial charge in [0, 0.05) is 12.2 Å². The third-order valence-corrected chi connectivity index (χ3v) is 3.93. The Labute approximate surface area is 124 Å². The molecule has 0 saturated heterocycles. The molecule has 0 aliphatic carbocycles. The SMILES string of the molecule is CCn1nc(C)c(Cl)c1CNc1ccc(F)c(Br)c1. The summed E-state index contributed by atoms with van der Waals surface area (Å²) < 4.78 is 15.4. The van der Waals surface area contributed by atoms with E-state index in [1.165, 1.54) is 6.07 Å². The van der Waals surface area contributed by atoms with Crippen LogP contribution in [0.25, 0.3) is 0 Å². The zero-order valence-electron chi connectivity index (χ0n) is 10.7. The molecule has 0 amide bonds. The summed E-state index contributed by atoms with van der Waals surface area (Å²) in [6.45, 7) is 5.20. The summed E-state index contributed by atoms with van der Waals surface area (Å²) in [7, 11) is 0. The maximum atomic E-state index is 13.1. The van der Waals surface area contributed by atoms with Gasteiger partial charge in [-0.3, -0.25) is 4.68 Å². The van der Waals surface area contributed by atoms with Crippen LogP contribution in [0, 0.1) is 12.7 Å². The van der Waals surface area contributed by atoms with Crippen LogP contribution in [0.15, 0.2) is 22.7 Å². The molecular formula is C13H14BrClFN3. The molecule has 0 unspecified atom stereocenters. The highest BCUT2D eigenvalue weighted by molar-refractivity contribution is 9.10. The Kier molecular flexibility index (Phi) is 4.47. The van der Waals surface area contributed by atoms with E-state index in [2.05, 4.69) is 26.3 Å². The number of hydrogen-bond donors (Lipinski definition) is 1. The minimum atomic E-state index is -0.280. The molecule has 1 heterocycles. The average molecular weight is 347 g/mol. The van der Waals surface area contributed by atoms with Gasteiger partial charge in [0.05, 0.1) is 27.4 Å². The number of aryl methyl sites for hydroxylation is 2. The summed E-state index contributed by atoms with van der Waals surface area (Å²) in [6, 6.07) is 4.80. The predicted octanol–water partition coefficient (Wildman–Crippen LogP) is 4.38. The molecule has 102 valence electrons. The van der Waals surface area contributed by atoms with E-state index < -0.39 is 0 Å². The van der Waals surface area contributed by atoms with E-state index in [1.54, 1.807) is 12.1 Å². The summed E-state index contributed by atoms with van der Waals surface area (Å²) in [5.74, 6) is -0.280. The predicted molar refractivity (Wildman–Crippen MR) is 79.1 cm³/mol. The first-order valence-corrected chi connectivity index (χ1v) is 7.10. The third-order valence-electron chi connectivity index (χ3n) is 2.83. The summed E-state index contributed by atoms with van der Waals surface area (Å²) in [5, 5.41) is 8.24. The molecule has 0 aliphatic heterocycles. The lowest BCUT2D eigenvalue weighted by atomic mass is 10.3. The maximum Gasteiger partial charge on any atom is 0.137 e. The molecule has 6 heteroatoms. The van der Waals surface area contributed by atoms with Crippen molar-refractivity contribution in [3.05, 3.63) is 44.9 Å². The number of rotatable bonds is 4. The Morgan fingerprint density at radius 3 is 2.84 bits per heavy atom. The van der Waals surface area contributed by atoms with Crippen LogP contribution in [0.3, 0.4) is 0 Å². The Hall–Kier alpha value is -1.07. The molecule has 0 radical (unpaired) electrons. The van der Waals surface area contributed by atoms with Gasteiger partial charge in [0.25, 0.3) is 0 Å². The first kappa shape index (κ1) is 14.3. The number of anilines is 1. The molecule has 0 bridgehead atoms. The van der Waals surface area contributed by atoms with Crippen molar-refractivity contribution >= 4 is 33.2 Å². The van der Waals surface area contributed by atoms with Crippen LogP contribution >= 0.6 is 27.5 Å². The normalized spacial score (nSPS) is 10.8. The molecule has 0 aliphatic rings. The van der Waals surface area contributed by atoms with Crippen molar-refractivity contribution in [2.75, 3.05) is 5.32 Å². The first-order chi connectivity index (χ1) is 9.02. The van der Waals surface area contributed by atoms with Gasteiger partial charge in [-0.1, -0.05) is 11.6 Å². The van der Waals surface area contributed by atoms with Crippen LogP contribution in [-0.2, 0) is 13.1 Å². The van der Waals surface area contributed by atoms with Crippen LogP contribution < -0.4 is 5.32 Å². The summed E-state index contributed by atoms with van der Waals surface area (Å²) in [6.07, 6.45) is 0. The fourth-order valence-electron chi connectivity index (χ4n) is 1.83. The summed E-state index contributed by atoms with van der Waals surface area (Å²) >= 11 is 9.38. The lowest BCUT2D eigenvalue weighted by Gasteiger charge is -2.09. The van der Waals surface area contributed by atoms with Crippen molar-refractivity contribution in [2.24, 2.45) is 0 Å². The van der Waals surface area contributed by atoms with E-state index in [1.807, 2.05) is 18.5 Å². The molecule has 3 nitrogen and oxygen atoms in total. The standard InChI is InChI=1S/C13H14BrClFN3/c1-3-19-12(13(15)8(2)18-19)7-17-9-4-5-11(16)10(14)6-9/h4-6,17H,3,7H2,1-2H3. The van der Waals surface area contributed by atoms with E-state index in [-0.39, 0.29) is 5.82 Å². The van der Waals surface area contributed by atoms with Crippen molar-refractivity contribution in [1.29, 1.82) is 0 Å². The average Bonchev–Trinajstić information content (AvgIpc) is 2.67. The Bertz CT molecular complexity index is 598. The van der Waals surface area contributed by atoms with Crippen molar-refractivity contribution in [3.63, 3.8) is 0 Å². The molecule has 19 heavy (non-hydrogen) atoms. The molecule has 0 spiro atoms. The van der Waals surface area contributed by atoms with Crippen molar-refractivity contribution in [3.8, 4) is 0 Å². The second-order valence-electron chi connectivity index (χ2n) is 4.14. The Balaban J connectivity index is 2.16. The lowest BCUT2D eigenvalue weighted by Crippen LogP contribution is -2.08. The zero-order valence-corrected chi connectivity index (χ0v) is 13.0. The fraction of sp³-hybridized carbons (Fsp3) is 0.308. The second kappa shape index (κ2) is 5.92. The van der Waals surface area contributed by atoms with Crippen molar-refractivity contribution in [2.45, 2.75) is 26.9 Å². The smallest absolute Gasteiger partial charge is 0.137 e. The largest absolute Gasteiger partial charge is 0.379 e. The van der Waals surface area contributed by atoms with E-state index >= 15 is 0 Å². The van der Waals surface area contributed by atoms with Crippen LogP contribution in [-0.4, -0.2) is 9.78 Å². The van der Waals surface area contributed by atoms with E-state index in [4.69, 9.17) is 11.6 Å². The van der Waals surface area contributed by atoms with Crippen molar-refractivity contribution < 1.29 is 4.39 Å². The van der Waals surface area contributed by atoms with E-state index in [0.717, 1.165) is 23.6 Å². The van der Waals surface area contributed by atoms with Gasteiger partial charge in [0.15, 0.2) is 0 Å². The first-order valence-electron chi connectivity index (χ1n) is 5.93. The highest BCUT2D eigenvalue weighted by Crippen LogP contribution is 2.23. The van der Waals surface area contributed by atoms with Gasteiger partial charge in [-0.15, -0.1) is 0 Å². The zero-order chi connectivity index (χ0) is 14.0. The quantitative estimate of drug-likeness (QED) is 0.890. The Morgan fingerprint density at radius 1 is 1.47 bits per heavy atom. The fourth-order valence-corrected chi connectivity index (χ4v) is 2.41. The molecule has 0 fully saturated rings. The lowest BCUT2D eigenvalue weighted by molar-refractivity contribution is 0.619. The van der Waals surface area contributed by atoms with Crippen LogP contribution in [0.5, 0.6) is 0 Å². The Morgan fingerprint density at radius 2 is 2.21 bits per heavy atom. The third kappa shape index (κ3) is 3.09. The number of hydrogen-bond acceptors (Lipinski definition) is 2. The highest BCUT2D eigenvalue weighted by Gasteiger charge is 2.12. The van der Waals surface area contributed by atoms with Crippen molar-refractivity contribution in [1.82, 2.24) is 9.78 Å². The topological polar surface area (TPSA) is 29.9 Å². The molecule has 0 saturated carbocycles. The van der Waals surface area contributed by atoms with E-state index in [0.29, 0.717) is 16.0 Å². The molecular weight excluding hydrogens is 333 g/mol. The van der Waals surface area contributed by atoms with Gasteiger partial charge >= 0.3 is 0 Å². The molecule has 1 N–H and O–H groups in total.